The van der Waals surface area contributed by atoms with Crippen molar-refractivity contribution in [3.63, 3.8) is 0 Å². The predicted molar refractivity (Wildman–Crippen MR) is 89.8 cm³/mol. The first-order valence-electron chi connectivity index (χ1n) is 7.73. The standard InChI is InChI=1S/C17H26N2O.ClH/c1-3-16(12-14-8-5-4-6-9-14)19(2)17(20)15-10-7-11-18-13-15;/h4-6,8-9,15-16,18H,3,7,10-13H2,1-2H3;1H. The zero-order valence-corrected chi connectivity index (χ0v) is 13.9. The van der Waals surface area contributed by atoms with Crippen molar-refractivity contribution in [1.29, 1.82) is 0 Å². The number of likely N-dealkylation sites (N-methyl/N-ethyl adjacent to an activating group) is 1. The van der Waals surface area contributed by atoms with Gasteiger partial charge in [0.1, 0.15) is 0 Å². The van der Waals surface area contributed by atoms with Crippen LogP contribution in [0, 0.1) is 5.92 Å². The summed E-state index contributed by atoms with van der Waals surface area (Å²) in [4.78, 5) is 14.6. The van der Waals surface area contributed by atoms with Gasteiger partial charge in [0, 0.05) is 19.6 Å². The highest BCUT2D eigenvalue weighted by Gasteiger charge is 2.27. The lowest BCUT2D eigenvalue weighted by Gasteiger charge is -2.32. The minimum absolute atomic E-state index is 0. The molecule has 1 fully saturated rings. The van der Waals surface area contributed by atoms with E-state index in [9.17, 15) is 4.79 Å². The molecule has 1 heterocycles. The first-order valence-corrected chi connectivity index (χ1v) is 7.73. The molecule has 1 N–H and O–H groups in total. The van der Waals surface area contributed by atoms with E-state index in [0.29, 0.717) is 11.9 Å². The van der Waals surface area contributed by atoms with Crippen LogP contribution in [0.2, 0.25) is 0 Å². The molecule has 0 aromatic heterocycles. The minimum atomic E-state index is 0. The van der Waals surface area contributed by atoms with Gasteiger partial charge < -0.3 is 10.2 Å². The van der Waals surface area contributed by atoms with Crippen LogP contribution in [0.25, 0.3) is 0 Å². The SMILES string of the molecule is CCC(Cc1ccccc1)N(C)C(=O)C1CCCNC1.Cl. The van der Waals surface area contributed by atoms with Crippen molar-refractivity contribution >= 4 is 18.3 Å². The fraction of sp³-hybridized carbons (Fsp3) is 0.588. The second-order valence-corrected chi connectivity index (χ2v) is 5.74. The molecule has 0 aliphatic carbocycles. The smallest absolute Gasteiger partial charge is 0.226 e. The van der Waals surface area contributed by atoms with Crippen LogP contribution in [0.1, 0.15) is 31.7 Å². The number of carbonyl (C=O) groups excluding carboxylic acids is 1. The maximum atomic E-state index is 12.6. The van der Waals surface area contributed by atoms with Crippen LogP contribution >= 0.6 is 12.4 Å². The van der Waals surface area contributed by atoms with Crippen LogP contribution in [-0.4, -0.2) is 37.0 Å². The Morgan fingerprint density at radius 2 is 2.10 bits per heavy atom. The number of piperidine rings is 1. The number of halogens is 1. The van der Waals surface area contributed by atoms with E-state index in [1.807, 2.05) is 18.0 Å². The van der Waals surface area contributed by atoms with E-state index in [1.165, 1.54) is 5.56 Å². The Balaban J connectivity index is 0.00000220. The fourth-order valence-electron chi connectivity index (χ4n) is 2.97. The molecule has 0 saturated carbocycles. The molecule has 1 aromatic carbocycles. The van der Waals surface area contributed by atoms with E-state index in [4.69, 9.17) is 0 Å². The summed E-state index contributed by atoms with van der Waals surface area (Å²) in [6, 6.07) is 10.7. The van der Waals surface area contributed by atoms with Crippen molar-refractivity contribution < 1.29 is 4.79 Å². The normalized spacial score (nSPS) is 19.4. The molecule has 4 heteroatoms. The lowest BCUT2D eigenvalue weighted by atomic mass is 9.96. The lowest BCUT2D eigenvalue weighted by Crippen LogP contribution is -2.46. The molecule has 0 spiro atoms. The Labute approximate surface area is 134 Å². The zero-order valence-electron chi connectivity index (χ0n) is 13.0. The van der Waals surface area contributed by atoms with E-state index in [2.05, 4.69) is 36.5 Å². The molecule has 1 aliphatic heterocycles. The van der Waals surface area contributed by atoms with E-state index < -0.39 is 0 Å². The summed E-state index contributed by atoms with van der Waals surface area (Å²) in [5.74, 6) is 0.471. The maximum absolute atomic E-state index is 12.6. The molecular weight excluding hydrogens is 284 g/mol. The second-order valence-electron chi connectivity index (χ2n) is 5.74. The van der Waals surface area contributed by atoms with Gasteiger partial charge in [-0.1, -0.05) is 37.3 Å². The Morgan fingerprint density at radius 1 is 1.38 bits per heavy atom. The van der Waals surface area contributed by atoms with Crippen molar-refractivity contribution in [3.05, 3.63) is 35.9 Å². The predicted octanol–water partition coefficient (Wildman–Crippen LogP) is 2.89. The Bertz CT molecular complexity index is 418. The van der Waals surface area contributed by atoms with Crippen molar-refractivity contribution in [1.82, 2.24) is 10.2 Å². The zero-order chi connectivity index (χ0) is 14.4. The van der Waals surface area contributed by atoms with Crippen LogP contribution in [0.15, 0.2) is 30.3 Å². The highest BCUT2D eigenvalue weighted by Crippen LogP contribution is 2.17. The molecule has 2 atom stereocenters. The van der Waals surface area contributed by atoms with Gasteiger partial charge in [0.05, 0.1) is 5.92 Å². The Kier molecular flexibility index (Phi) is 7.76. The molecular formula is C17H27ClN2O. The Morgan fingerprint density at radius 3 is 2.67 bits per heavy atom. The molecule has 1 aliphatic rings. The van der Waals surface area contributed by atoms with Gasteiger partial charge in [0.2, 0.25) is 5.91 Å². The molecule has 2 unspecified atom stereocenters. The first kappa shape index (κ1) is 18.0. The van der Waals surface area contributed by atoms with Crippen LogP contribution in [0.5, 0.6) is 0 Å². The third kappa shape index (κ3) is 5.01. The van der Waals surface area contributed by atoms with E-state index in [1.54, 1.807) is 0 Å². The van der Waals surface area contributed by atoms with E-state index in [-0.39, 0.29) is 18.3 Å². The van der Waals surface area contributed by atoms with E-state index in [0.717, 1.165) is 38.8 Å². The summed E-state index contributed by atoms with van der Waals surface area (Å²) in [7, 11) is 1.97. The molecule has 1 amide bonds. The van der Waals surface area contributed by atoms with Crippen LogP contribution < -0.4 is 5.32 Å². The average Bonchev–Trinajstić information content (AvgIpc) is 2.53. The van der Waals surface area contributed by atoms with E-state index >= 15 is 0 Å². The Hall–Kier alpha value is -1.06. The number of rotatable bonds is 5. The van der Waals surface area contributed by atoms with Gasteiger partial charge in [0.15, 0.2) is 0 Å². The molecule has 3 nitrogen and oxygen atoms in total. The number of hydrogen-bond donors (Lipinski definition) is 1. The first-order chi connectivity index (χ1) is 9.72. The number of nitrogens with one attached hydrogen (secondary N) is 1. The third-order valence-electron chi connectivity index (χ3n) is 4.33. The third-order valence-corrected chi connectivity index (χ3v) is 4.33. The van der Waals surface area contributed by atoms with Gasteiger partial charge in [-0.25, -0.2) is 0 Å². The molecule has 21 heavy (non-hydrogen) atoms. The molecule has 0 radical (unpaired) electrons. The van der Waals surface area contributed by atoms with Gasteiger partial charge in [-0.2, -0.15) is 0 Å². The highest BCUT2D eigenvalue weighted by atomic mass is 35.5. The highest BCUT2D eigenvalue weighted by molar-refractivity contribution is 5.85. The van der Waals surface area contributed by atoms with Crippen LogP contribution in [0.3, 0.4) is 0 Å². The van der Waals surface area contributed by atoms with Crippen molar-refractivity contribution in [3.8, 4) is 0 Å². The van der Waals surface area contributed by atoms with Gasteiger partial charge in [-0.15, -0.1) is 12.4 Å². The molecule has 0 bridgehead atoms. The summed E-state index contributed by atoms with van der Waals surface area (Å²) in [5, 5.41) is 3.33. The topological polar surface area (TPSA) is 32.3 Å². The minimum Gasteiger partial charge on any atom is -0.342 e. The number of amides is 1. The average molecular weight is 311 g/mol. The number of hydrogen-bond acceptors (Lipinski definition) is 2. The van der Waals surface area contributed by atoms with Crippen LogP contribution in [-0.2, 0) is 11.2 Å². The molecule has 118 valence electrons. The van der Waals surface area contributed by atoms with Crippen molar-refractivity contribution in [2.75, 3.05) is 20.1 Å². The van der Waals surface area contributed by atoms with Gasteiger partial charge >= 0.3 is 0 Å². The second kappa shape index (κ2) is 9.06. The number of benzene rings is 1. The summed E-state index contributed by atoms with van der Waals surface area (Å²) in [5.41, 5.74) is 1.31. The maximum Gasteiger partial charge on any atom is 0.226 e. The quantitative estimate of drug-likeness (QED) is 0.907. The summed E-state index contributed by atoms with van der Waals surface area (Å²) < 4.78 is 0. The van der Waals surface area contributed by atoms with Crippen molar-refractivity contribution in [2.24, 2.45) is 5.92 Å². The fourth-order valence-corrected chi connectivity index (χ4v) is 2.97. The molecule has 2 rings (SSSR count). The molecule has 1 aromatic rings. The summed E-state index contributed by atoms with van der Waals surface area (Å²) in [6.07, 6.45) is 4.08. The summed E-state index contributed by atoms with van der Waals surface area (Å²) in [6.45, 7) is 4.05. The summed E-state index contributed by atoms with van der Waals surface area (Å²) >= 11 is 0. The van der Waals surface area contributed by atoms with Gasteiger partial charge in [0.25, 0.3) is 0 Å². The lowest BCUT2D eigenvalue weighted by molar-refractivity contribution is -0.136. The number of nitrogens with zero attached hydrogens (tertiary/aromatic N) is 1. The van der Waals surface area contributed by atoms with Gasteiger partial charge in [-0.05, 0) is 37.8 Å². The number of carbonyl (C=O) groups is 1. The monoisotopic (exact) mass is 310 g/mol. The molecule has 1 saturated heterocycles. The van der Waals surface area contributed by atoms with Crippen molar-refractivity contribution in [2.45, 2.75) is 38.6 Å². The largest absolute Gasteiger partial charge is 0.342 e. The van der Waals surface area contributed by atoms with Gasteiger partial charge in [-0.3, -0.25) is 4.79 Å². The van der Waals surface area contributed by atoms with Crippen LogP contribution in [0.4, 0.5) is 0 Å².